The van der Waals surface area contributed by atoms with Crippen LogP contribution in [0.1, 0.15) is 36.5 Å². The summed E-state index contributed by atoms with van der Waals surface area (Å²) in [5.41, 5.74) is 4.74. The summed E-state index contributed by atoms with van der Waals surface area (Å²) < 4.78 is 26.2. The molecular formula is C14H16F2N2O3. The van der Waals surface area contributed by atoms with Crippen molar-refractivity contribution in [1.82, 2.24) is 5.32 Å². The Kier molecular flexibility index (Phi) is 5.95. The lowest BCUT2D eigenvalue weighted by Gasteiger charge is -2.15. The van der Waals surface area contributed by atoms with Crippen LogP contribution in [0.15, 0.2) is 18.2 Å². The first kappa shape index (κ1) is 16.7. The van der Waals surface area contributed by atoms with E-state index in [0.717, 1.165) is 12.1 Å². The molecule has 7 heteroatoms. The second-order valence-corrected chi connectivity index (χ2v) is 4.48. The zero-order chi connectivity index (χ0) is 16.0. The minimum Gasteiger partial charge on any atom is -0.368 e. The maximum Gasteiger partial charge on any atom is 0.254 e. The van der Waals surface area contributed by atoms with Crippen molar-refractivity contribution in [2.45, 2.75) is 32.2 Å². The number of hydrogen-bond acceptors (Lipinski definition) is 3. The fourth-order valence-electron chi connectivity index (χ4n) is 1.68. The Morgan fingerprint density at radius 2 is 1.95 bits per heavy atom. The summed E-state index contributed by atoms with van der Waals surface area (Å²) in [5, 5.41) is 2.24. The van der Waals surface area contributed by atoms with Crippen molar-refractivity contribution < 1.29 is 23.2 Å². The number of hydrogen-bond donors (Lipinski definition) is 2. The number of nitrogens with one attached hydrogen (secondary N) is 1. The molecule has 0 unspecified atom stereocenters. The molecule has 0 fully saturated rings. The number of ketones is 1. The van der Waals surface area contributed by atoms with E-state index in [0.29, 0.717) is 12.5 Å². The first-order valence-electron chi connectivity index (χ1n) is 6.42. The fourth-order valence-corrected chi connectivity index (χ4v) is 1.68. The molecule has 0 radical (unpaired) electrons. The summed E-state index contributed by atoms with van der Waals surface area (Å²) in [7, 11) is 0. The molecule has 0 aliphatic heterocycles. The Bertz CT molecular complexity index is 561. The molecule has 0 aliphatic carbocycles. The molecule has 1 aromatic carbocycles. The third kappa shape index (κ3) is 4.94. The number of carbonyl (C=O) groups excluding carboxylic acids is 3. The molecule has 0 saturated heterocycles. The van der Waals surface area contributed by atoms with Crippen molar-refractivity contribution in [3.05, 3.63) is 35.4 Å². The second-order valence-electron chi connectivity index (χ2n) is 4.48. The van der Waals surface area contributed by atoms with Gasteiger partial charge in [-0.25, -0.2) is 8.78 Å². The molecule has 2 amide bonds. The van der Waals surface area contributed by atoms with Gasteiger partial charge in [-0.3, -0.25) is 14.4 Å². The highest BCUT2D eigenvalue weighted by atomic mass is 19.1. The number of nitrogens with two attached hydrogens (primary N) is 1. The molecular weight excluding hydrogens is 282 g/mol. The first-order valence-corrected chi connectivity index (χ1v) is 6.42. The predicted molar refractivity (Wildman–Crippen MR) is 71.3 cm³/mol. The Balaban J connectivity index is 2.76. The highest BCUT2D eigenvalue weighted by molar-refractivity contribution is 5.97. The predicted octanol–water partition coefficient (Wildman–Crippen LogP) is 1.31. The van der Waals surface area contributed by atoms with Gasteiger partial charge in [0.1, 0.15) is 23.5 Å². The average Bonchev–Trinajstić information content (AvgIpc) is 2.42. The maximum atomic E-state index is 13.4. The summed E-state index contributed by atoms with van der Waals surface area (Å²) in [6, 6.07) is 1.37. The normalized spacial score (nSPS) is 11.8. The van der Waals surface area contributed by atoms with Gasteiger partial charge >= 0.3 is 0 Å². The molecule has 0 aliphatic rings. The summed E-state index contributed by atoms with van der Waals surface area (Å²) in [6.45, 7) is 1.67. The lowest BCUT2D eigenvalue weighted by Crippen LogP contribution is -2.44. The highest BCUT2D eigenvalue weighted by Gasteiger charge is 2.21. The van der Waals surface area contributed by atoms with Gasteiger partial charge in [0.15, 0.2) is 0 Å². The number of Topliss-reactive ketones (excluding diaryl/α,β-unsaturated/α-hetero) is 1. The van der Waals surface area contributed by atoms with E-state index in [1.54, 1.807) is 6.92 Å². The molecule has 114 valence electrons. The van der Waals surface area contributed by atoms with Gasteiger partial charge in [0, 0.05) is 18.9 Å². The molecule has 0 spiro atoms. The van der Waals surface area contributed by atoms with Crippen LogP contribution in [0.5, 0.6) is 0 Å². The smallest absolute Gasteiger partial charge is 0.254 e. The van der Waals surface area contributed by atoms with Crippen molar-refractivity contribution in [3.63, 3.8) is 0 Å². The van der Waals surface area contributed by atoms with E-state index in [4.69, 9.17) is 5.73 Å². The minimum atomic E-state index is -1.09. The van der Waals surface area contributed by atoms with E-state index < -0.39 is 35.1 Å². The Labute approximate surface area is 120 Å². The number of rotatable bonds is 7. The zero-order valence-corrected chi connectivity index (χ0v) is 11.5. The molecule has 0 saturated carbocycles. The van der Waals surface area contributed by atoms with Gasteiger partial charge in [0.25, 0.3) is 5.91 Å². The van der Waals surface area contributed by atoms with E-state index in [-0.39, 0.29) is 18.6 Å². The van der Waals surface area contributed by atoms with E-state index in [9.17, 15) is 23.2 Å². The molecule has 1 aromatic rings. The minimum absolute atomic E-state index is 0.0383. The van der Waals surface area contributed by atoms with Crippen LogP contribution in [-0.2, 0) is 9.59 Å². The van der Waals surface area contributed by atoms with Crippen molar-refractivity contribution in [3.8, 4) is 0 Å². The monoisotopic (exact) mass is 298 g/mol. The number of carbonyl (C=O) groups is 3. The standard InChI is InChI=1S/C14H16F2N2O3/c1-2-9(19)4-6-12(13(17)20)18-14(21)10-5-3-8(15)7-11(10)16/h3,5,7,12H,2,4,6H2,1H3,(H2,17,20)(H,18,21)/t12-/m0/s1. The van der Waals surface area contributed by atoms with Crippen molar-refractivity contribution in [2.75, 3.05) is 0 Å². The molecule has 3 N–H and O–H groups in total. The van der Waals surface area contributed by atoms with Gasteiger partial charge in [-0.05, 0) is 18.6 Å². The van der Waals surface area contributed by atoms with Crippen LogP contribution >= 0.6 is 0 Å². The highest BCUT2D eigenvalue weighted by Crippen LogP contribution is 2.10. The first-order chi connectivity index (χ1) is 9.85. The summed E-state index contributed by atoms with van der Waals surface area (Å²) in [4.78, 5) is 34.3. The van der Waals surface area contributed by atoms with Crippen molar-refractivity contribution in [1.29, 1.82) is 0 Å². The Morgan fingerprint density at radius 1 is 1.29 bits per heavy atom. The Morgan fingerprint density at radius 3 is 2.48 bits per heavy atom. The molecule has 0 aromatic heterocycles. The number of primary amides is 1. The third-order valence-electron chi connectivity index (χ3n) is 2.93. The van der Waals surface area contributed by atoms with Crippen LogP contribution in [0.3, 0.4) is 0 Å². The van der Waals surface area contributed by atoms with Gasteiger partial charge in [0.2, 0.25) is 5.91 Å². The van der Waals surface area contributed by atoms with E-state index in [1.807, 2.05) is 0 Å². The number of amides is 2. The molecule has 0 heterocycles. The average molecular weight is 298 g/mol. The van der Waals surface area contributed by atoms with E-state index >= 15 is 0 Å². The largest absolute Gasteiger partial charge is 0.368 e. The quantitative estimate of drug-likeness (QED) is 0.795. The van der Waals surface area contributed by atoms with Crippen LogP contribution in [0.25, 0.3) is 0 Å². The number of benzene rings is 1. The van der Waals surface area contributed by atoms with Crippen LogP contribution in [-0.4, -0.2) is 23.6 Å². The summed E-state index contributed by atoms with van der Waals surface area (Å²) in [5.74, 6) is -3.65. The summed E-state index contributed by atoms with van der Waals surface area (Å²) >= 11 is 0. The zero-order valence-electron chi connectivity index (χ0n) is 11.5. The van der Waals surface area contributed by atoms with Gasteiger partial charge < -0.3 is 11.1 Å². The second kappa shape index (κ2) is 7.47. The van der Waals surface area contributed by atoms with Gasteiger partial charge in [0.05, 0.1) is 5.56 Å². The topological polar surface area (TPSA) is 89.3 Å². The van der Waals surface area contributed by atoms with Crippen LogP contribution in [0, 0.1) is 11.6 Å². The lowest BCUT2D eigenvalue weighted by atomic mass is 10.1. The Hall–Kier alpha value is -2.31. The van der Waals surface area contributed by atoms with Crippen molar-refractivity contribution >= 4 is 17.6 Å². The SMILES string of the molecule is CCC(=O)CC[C@H](NC(=O)c1ccc(F)cc1F)C(N)=O. The fraction of sp³-hybridized carbons (Fsp3) is 0.357. The maximum absolute atomic E-state index is 13.4. The number of halogens is 2. The van der Waals surface area contributed by atoms with E-state index in [1.165, 1.54) is 0 Å². The van der Waals surface area contributed by atoms with Crippen LogP contribution in [0.2, 0.25) is 0 Å². The van der Waals surface area contributed by atoms with Gasteiger partial charge in [-0.15, -0.1) is 0 Å². The molecule has 1 rings (SSSR count). The van der Waals surface area contributed by atoms with E-state index in [2.05, 4.69) is 5.32 Å². The third-order valence-corrected chi connectivity index (χ3v) is 2.93. The van der Waals surface area contributed by atoms with Crippen LogP contribution in [0.4, 0.5) is 8.78 Å². The molecule has 21 heavy (non-hydrogen) atoms. The molecule has 1 atom stereocenters. The van der Waals surface area contributed by atoms with Gasteiger partial charge in [-0.1, -0.05) is 6.92 Å². The molecule has 0 bridgehead atoms. The van der Waals surface area contributed by atoms with Crippen LogP contribution < -0.4 is 11.1 Å². The summed E-state index contributed by atoms with van der Waals surface area (Å²) in [6.07, 6.45) is 0.429. The van der Waals surface area contributed by atoms with Gasteiger partial charge in [-0.2, -0.15) is 0 Å². The lowest BCUT2D eigenvalue weighted by molar-refractivity contribution is -0.121. The van der Waals surface area contributed by atoms with Crippen molar-refractivity contribution in [2.24, 2.45) is 5.73 Å². The molecule has 5 nitrogen and oxygen atoms in total.